The lowest BCUT2D eigenvalue weighted by molar-refractivity contribution is -0.130. The third-order valence-electron chi connectivity index (χ3n) is 6.75. The van der Waals surface area contributed by atoms with Crippen molar-refractivity contribution in [1.29, 1.82) is 0 Å². The van der Waals surface area contributed by atoms with Crippen LogP contribution in [-0.4, -0.2) is 41.9 Å². The molecule has 0 saturated carbocycles. The summed E-state index contributed by atoms with van der Waals surface area (Å²) in [5, 5.41) is 0. The van der Waals surface area contributed by atoms with E-state index in [-0.39, 0.29) is 5.91 Å². The van der Waals surface area contributed by atoms with Crippen molar-refractivity contribution in [2.24, 2.45) is 0 Å². The van der Waals surface area contributed by atoms with E-state index in [4.69, 9.17) is 9.47 Å². The monoisotopic (exact) mass is 506 g/mol. The lowest BCUT2D eigenvalue weighted by Gasteiger charge is -2.22. The Hall–Kier alpha value is -4.09. The molecule has 1 fully saturated rings. The Morgan fingerprint density at radius 2 is 1.34 bits per heavy atom. The minimum absolute atomic E-state index is 0.183. The fourth-order valence-corrected chi connectivity index (χ4v) is 4.70. The van der Waals surface area contributed by atoms with Gasteiger partial charge in [0.25, 0.3) is 0 Å². The van der Waals surface area contributed by atoms with Crippen molar-refractivity contribution in [3.05, 3.63) is 126 Å². The highest BCUT2D eigenvalue weighted by atomic mass is 16.5. The summed E-state index contributed by atoms with van der Waals surface area (Å²) in [4.78, 5) is 17.5. The second kappa shape index (κ2) is 12.9. The maximum atomic E-state index is 13.1. The molecule has 0 atom stereocenters. The quantitative estimate of drug-likeness (QED) is 0.266. The zero-order valence-corrected chi connectivity index (χ0v) is 21.7. The maximum Gasteiger partial charge on any atom is 0.227 e. The van der Waals surface area contributed by atoms with Gasteiger partial charge >= 0.3 is 0 Å². The van der Waals surface area contributed by atoms with Gasteiger partial charge in [-0.2, -0.15) is 0 Å². The van der Waals surface area contributed by atoms with Gasteiger partial charge in [0.2, 0.25) is 5.91 Å². The molecule has 1 saturated heterocycles. The van der Waals surface area contributed by atoms with Gasteiger partial charge in [0.1, 0.15) is 23.9 Å². The summed E-state index contributed by atoms with van der Waals surface area (Å²) >= 11 is 0. The zero-order valence-electron chi connectivity index (χ0n) is 21.7. The van der Waals surface area contributed by atoms with Crippen molar-refractivity contribution in [2.45, 2.75) is 26.0 Å². The van der Waals surface area contributed by atoms with Crippen LogP contribution < -0.4 is 9.47 Å². The normalized spacial score (nSPS) is 14.1. The number of amides is 1. The van der Waals surface area contributed by atoms with E-state index < -0.39 is 0 Å². The number of para-hydroxylation sites is 1. The molecule has 194 valence electrons. The fourth-order valence-electron chi connectivity index (χ4n) is 4.70. The molecule has 0 unspecified atom stereocenters. The summed E-state index contributed by atoms with van der Waals surface area (Å²) < 4.78 is 11.9. The number of benzene rings is 4. The summed E-state index contributed by atoms with van der Waals surface area (Å²) in [6, 6.07) is 36.1. The molecular weight excluding hydrogens is 472 g/mol. The topological polar surface area (TPSA) is 42.0 Å². The van der Waals surface area contributed by atoms with Crippen LogP contribution in [0.15, 0.2) is 109 Å². The molecule has 1 aliphatic rings. The van der Waals surface area contributed by atoms with Gasteiger partial charge in [-0.3, -0.25) is 9.69 Å². The van der Waals surface area contributed by atoms with Gasteiger partial charge in [0.15, 0.2) is 0 Å². The molecule has 0 radical (unpaired) electrons. The van der Waals surface area contributed by atoms with Crippen LogP contribution in [-0.2, 0) is 24.4 Å². The zero-order chi connectivity index (χ0) is 26.0. The van der Waals surface area contributed by atoms with Gasteiger partial charge in [-0.15, -0.1) is 0 Å². The minimum atomic E-state index is 0.183. The third kappa shape index (κ3) is 7.46. The van der Waals surface area contributed by atoms with Crippen LogP contribution in [0.5, 0.6) is 17.2 Å². The summed E-state index contributed by atoms with van der Waals surface area (Å²) in [6.45, 7) is 4.76. The average Bonchev–Trinajstić information content (AvgIpc) is 3.20. The SMILES string of the molecule is O=C(Cc1ccc(OCc2ccccc2)cc1)N1CCCN(Cc2cccc(Oc3ccccc3)c2)CC1. The molecule has 1 heterocycles. The van der Waals surface area contributed by atoms with Gasteiger partial charge in [-0.05, 0) is 59.5 Å². The molecule has 1 aliphatic heterocycles. The lowest BCUT2D eigenvalue weighted by atomic mass is 10.1. The van der Waals surface area contributed by atoms with E-state index in [9.17, 15) is 4.79 Å². The molecule has 38 heavy (non-hydrogen) atoms. The van der Waals surface area contributed by atoms with Crippen LogP contribution in [0.2, 0.25) is 0 Å². The molecule has 0 N–H and O–H groups in total. The van der Waals surface area contributed by atoms with E-state index in [0.29, 0.717) is 13.0 Å². The summed E-state index contributed by atoms with van der Waals surface area (Å²) in [7, 11) is 0. The minimum Gasteiger partial charge on any atom is -0.489 e. The highest BCUT2D eigenvalue weighted by Crippen LogP contribution is 2.23. The van der Waals surface area contributed by atoms with Gasteiger partial charge in [-0.25, -0.2) is 0 Å². The highest BCUT2D eigenvalue weighted by molar-refractivity contribution is 5.78. The van der Waals surface area contributed by atoms with Crippen molar-refractivity contribution in [3.8, 4) is 17.2 Å². The van der Waals surface area contributed by atoms with Gasteiger partial charge in [-0.1, -0.05) is 72.8 Å². The van der Waals surface area contributed by atoms with Crippen LogP contribution in [0.4, 0.5) is 0 Å². The van der Waals surface area contributed by atoms with Crippen molar-refractivity contribution >= 4 is 5.91 Å². The number of hydrogen-bond acceptors (Lipinski definition) is 4. The van der Waals surface area contributed by atoms with Crippen LogP contribution in [0.3, 0.4) is 0 Å². The number of rotatable bonds is 9. The molecule has 0 spiro atoms. The Bertz CT molecular complexity index is 1290. The molecule has 0 aliphatic carbocycles. The van der Waals surface area contributed by atoms with Crippen molar-refractivity contribution < 1.29 is 14.3 Å². The Labute approximate surface area is 225 Å². The Balaban J connectivity index is 1.09. The van der Waals surface area contributed by atoms with E-state index >= 15 is 0 Å². The third-order valence-corrected chi connectivity index (χ3v) is 6.75. The second-order valence-electron chi connectivity index (χ2n) is 9.67. The first-order chi connectivity index (χ1) is 18.7. The second-order valence-corrected chi connectivity index (χ2v) is 9.67. The Morgan fingerprint density at radius 3 is 2.13 bits per heavy atom. The largest absolute Gasteiger partial charge is 0.489 e. The molecular formula is C33H34N2O3. The van der Waals surface area contributed by atoms with E-state index in [1.54, 1.807) is 0 Å². The van der Waals surface area contributed by atoms with Crippen molar-refractivity contribution in [1.82, 2.24) is 9.80 Å². The molecule has 0 aromatic heterocycles. The van der Waals surface area contributed by atoms with Crippen LogP contribution >= 0.6 is 0 Å². The van der Waals surface area contributed by atoms with E-state index in [1.165, 1.54) is 5.56 Å². The van der Waals surface area contributed by atoms with Crippen molar-refractivity contribution in [2.75, 3.05) is 26.2 Å². The van der Waals surface area contributed by atoms with Gasteiger partial charge in [0.05, 0.1) is 6.42 Å². The number of ether oxygens (including phenoxy) is 2. The van der Waals surface area contributed by atoms with Gasteiger partial charge < -0.3 is 14.4 Å². The van der Waals surface area contributed by atoms with E-state index in [0.717, 1.165) is 67.5 Å². The first kappa shape index (κ1) is 25.6. The van der Waals surface area contributed by atoms with Crippen LogP contribution in [0.25, 0.3) is 0 Å². The number of nitrogens with zero attached hydrogens (tertiary/aromatic N) is 2. The predicted octanol–water partition coefficient (Wildman–Crippen LogP) is 6.33. The van der Waals surface area contributed by atoms with E-state index in [1.807, 2.05) is 102 Å². The smallest absolute Gasteiger partial charge is 0.227 e. The summed E-state index contributed by atoms with van der Waals surface area (Å²) in [6.07, 6.45) is 1.38. The lowest BCUT2D eigenvalue weighted by Crippen LogP contribution is -2.36. The summed E-state index contributed by atoms with van der Waals surface area (Å²) in [5.74, 6) is 2.68. The Morgan fingerprint density at radius 1 is 0.632 bits per heavy atom. The molecule has 5 rings (SSSR count). The van der Waals surface area contributed by atoms with Crippen LogP contribution in [0.1, 0.15) is 23.1 Å². The molecule has 5 heteroatoms. The Kier molecular flexibility index (Phi) is 8.69. The first-order valence-electron chi connectivity index (χ1n) is 13.3. The number of carbonyl (C=O) groups is 1. The molecule has 4 aromatic carbocycles. The molecule has 1 amide bonds. The number of hydrogen-bond donors (Lipinski definition) is 0. The first-order valence-corrected chi connectivity index (χ1v) is 13.3. The number of carbonyl (C=O) groups excluding carboxylic acids is 1. The van der Waals surface area contributed by atoms with Gasteiger partial charge in [0, 0.05) is 32.7 Å². The average molecular weight is 507 g/mol. The van der Waals surface area contributed by atoms with E-state index in [2.05, 4.69) is 17.0 Å². The summed E-state index contributed by atoms with van der Waals surface area (Å²) in [5.41, 5.74) is 3.36. The van der Waals surface area contributed by atoms with Crippen molar-refractivity contribution in [3.63, 3.8) is 0 Å². The molecule has 4 aromatic rings. The van der Waals surface area contributed by atoms with Crippen LogP contribution in [0, 0.1) is 0 Å². The maximum absolute atomic E-state index is 13.1. The molecule has 5 nitrogen and oxygen atoms in total. The standard InChI is InChI=1S/C33H34N2O3/c36-33(24-27-15-17-30(18-16-27)37-26-28-9-3-1-4-10-28)35-20-8-19-34(21-22-35)25-29-11-7-14-32(23-29)38-31-12-5-2-6-13-31/h1-7,9-18,23H,8,19-22,24-26H2. The highest BCUT2D eigenvalue weighted by Gasteiger charge is 2.19. The predicted molar refractivity (Wildman–Crippen MR) is 150 cm³/mol. The molecule has 0 bridgehead atoms. The fraction of sp³-hybridized carbons (Fsp3) is 0.242.